The molecular weight excluding hydrogens is 376 g/mol. The van der Waals surface area contributed by atoms with E-state index in [0.29, 0.717) is 13.2 Å². The number of carbonyl (C=O) groups is 1. The van der Waals surface area contributed by atoms with Gasteiger partial charge in [0.2, 0.25) is 0 Å². The monoisotopic (exact) mass is 400 g/mol. The Labute approximate surface area is 175 Å². The third kappa shape index (κ3) is 3.68. The third-order valence-corrected chi connectivity index (χ3v) is 5.81. The fraction of sp³-hybridized carbons (Fsp3) is 0.280. The van der Waals surface area contributed by atoms with Crippen LogP contribution >= 0.6 is 0 Å². The standard InChI is InChI=1S/C25H24N2O3/c1-17-7-8-20-11-19(9-10-24(20)26-17)21-12-22-15-29-16-23(13-21)27(22)25(28)30-14-18-5-3-2-4-6-18/h2-12,22-23H,13-16H2,1H3. The fourth-order valence-electron chi connectivity index (χ4n) is 4.32. The molecule has 0 saturated carbocycles. The number of fused-ring (bicyclic) bond motifs is 3. The second kappa shape index (κ2) is 7.92. The summed E-state index contributed by atoms with van der Waals surface area (Å²) in [5, 5.41) is 1.13. The smallest absolute Gasteiger partial charge is 0.411 e. The van der Waals surface area contributed by atoms with Crippen molar-refractivity contribution in [1.29, 1.82) is 0 Å². The first-order valence-corrected chi connectivity index (χ1v) is 10.3. The number of amides is 1. The molecule has 1 amide bonds. The number of aryl methyl sites for hydroxylation is 1. The summed E-state index contributed by atoms with van der Waals surface area (Å²) in [5.74, 6) is 0. The van der Waals surface area contributed by atoms with Crippen molar-refractivity contribution in [3.05, 3.63) is 83.6 Å². The molecule has 5 rings (SSSR count). The molecule has 0 radical (unpaired) electrons. The molecule has 3 aromatic rings. The molecule has 2 aliphatic heterocycles. The van der Waals surface area contributed by atoms with E-state index in [9.17, 15) is 4.79 Å². The first kappa shape index (κ1) is 18.8. The van der Waals surface area contributed by atoms with Crippen LogP contribution in [-0.4, -0.2) is 41.3 Å². The maximum atomic E-state index is 12.8. The molecule has 152 valence electrons. The van der Waals surface area contributed by atoms with Gasteiger partial charge in [0.1, 0.15) is 6.61 Å². The van der Waals surface area contributed by atoms with Gasteiger partial charge in [0.15, 0.2) is 0 Å². The van der Waals surface area contributed by atoms with E-state index in [-0.39, 0.29) is 24.8 Å². The van der Waals surface area contributed by atoms with Crippen LogP contribution in [0.2, 0.25) is 0 Å². The molecular formula is C25H24N2O3. The highest BCUT2D eigenvalue weighted by molar-refractivity contribution is 5.84. The summed E-state index contributed by atoms with van der Waals surface area (Å²) >= 11 is 0. The van der Waals surface area contributed by atoms with Gasteiger partial charge in [0.05, 0.1) is 30.8 Å². The lowest BCUT2D eigenvalue weighted by molar-refractivity contribution is -0.0342. The lowest BCUT2D eigenvalue weighted by Gasteiger charge is -2.43. The molecule has 0 N–H and O–H groups in total. The zero-order valence-electron chi connectivity index (χ0n) is 17.0. The molecule has 1 aromatic heterocycles. The van der Waals surface area contributed by atoms with Gasteiger partial charge < -0.3 is 9.47 Å². The van der Waals surface area contributed by atoms with Crippen LogP contribution in [0.4, 0.5) is 4.79 Å². The van der Waals surface area contributed by atoms with Crippen LogP contribution in [0.1, 0.15) is 23.2 Å². The van der Waals surface area contributed by atoms with Crippen molar-refractivity contribution in [2.45, 2.75) is 32.0 Å². The number of benzene rings is 2. The van der Waals surface area contributed by atoms with Crippen LogP contribution in [0.3, 0.4) is 0 Å². The number of nitrogens with zero attached hydrogens (tertiary/aromatic N) is 2. The van der Waals surface area contributed by atoms with Gasteiger partial charge in [0, 0.05) is 11.1 Å². The van der Waals surface area contributed by atoms with E-state index in [1.807, 2.05) is 48.2 Å². The largest absolute Gasteiger partial charge is 0.445 e. The van der Waals surface area contributed by atoms with Crippen LogP contribution in [-0.2, 0) is 16.1 Å². The van der Waals surface area contributed by atoms with Crippen molar-refractivity contribution in [2.24, 2.45) is 0 Å². The van der Waals surface area contributed by atoms with E-state index in [1.165, 1.54) is 11.1 Å². The van der Waals surface area contributed by atoms with E-state index >= 15 is 0 Å². The van der Waals surface area contributed by atoms with E-state index < -0.39 is 0 Å². The lowest BCUT2D eigenvalue weighted by Crippen LogP contribution is -2.56. The first-order chi connectivity index (χ1) is 14.7. The summed E-state index contributed by atoms with van der Waals surface area (Å²) < 4.78 is 11.4. The summed E-state index contributed by atoms with van der Waals surface area (Å²) in [6.07, 6.45) is 2.63. The SMILES string of the molecule is Cc1ccc2cc(C3=CC4COCC(C3)N4C(=O)OCc3ccccc3)ccc2n1. The van der Waals surface area contributed by atoms with Gasteiger partial charge in [-0.1, -0.05) is 48.5 Å². The predicted molar refractivity (Wildman–Crippen MR) is 116 cm³/mol. The van der Waals surface area contributed by atoms with Gasteiger partial charge in [-0.25, -0.2) is 4.79 Å². The highest BCUT2D eigenvalue weighted by atomic mass is 16.6. The molecule has 0 aliphatic carbocycles. The van der Waals surface area contributed by atoms with Gasteiger partial charge >= 0.3 is 6.09 Å². The second-order valence-electron chi connectivity index (χ2n) is 7.96. The Morgan fingerprint density at radius 1 is 1.13 bits per heavy atom. The zero-order chi connectivity index (χ0) is 20.5. The van der Waals surface area contributed by atoms with Gasteiger partial charge in [-0.05, 0) is 48.2 Å². The van der Waals surface area contributed by atoms with Crippen LogP contribution in [0, 0.1) is 6.92 Å². The number of rotatable bonds is 3. The molecule has 5 nitrogen and oxygen atoms in total. The number of hydrogen-bond acceptors (Lipinski definition) is 4. The maximum Gasteiger partial charge on any atom is 0.411 e. The number of ether oxygens (including phenoxy) is 2. The number of carbonyl (C=O) groups excluding carboxylic acids is 1. The van der Waals surface area contributed by atoms with Crippen LogP contribution in [0.15, 0.2) is 66.7 Å². The minimum atomic E-state index is -0.273. The summed E-state index contributed by atoms with van der Waals surface area (Å²) in [6.45, 7) is 3.31. The quantitative estimate of drug-likeness (QED) is 0.637. The second-order valence-corrected chi connectivity index (χ2v) is 7.96. The minimum absolute atomic E-state index is 0.0149. The molecule has 1 fully saturated rings. The predicted octanol–water partition coefficient (Wildman–Crippen LogP) is 4.74. The molecule has 2 atom stereocenters. The highest BCUT2D eigenvalue weighted by Crippen LogP contribution is 2.34. The van der Waals surface area contributed by atoms with E-state index in [2.05, 4.69) is 35.3 Å². The molecule has 2 aromatic carbocycles. The Balaban J connectivity index is 1.37. The number of hydrogen-bond donors (Lipinski definition) is 0. The Hall–Kier alpha value is -3.18. The summed E-state index contributed by atoms with van der Waals surface area (Å²) in [5.41, 5.74) is 5.44. The van der Waals surface area contributed by atoms with E-state index in [0.717, 1.165) is 28.6 Å². The highest BCUT2D eigenvalue weighted by Gasteiger charge is 2.39. The average molecular weight is 400 g/mol. The molecule has 2 unspecified atom stereocenters. The van der Waals surface area contributed by atoms with Crippen LogP contribution in [0.5, 0.6) is 0 Å². The summed E-state index contributed by atoms with van der Waals surface area (Å²) in [6, 6.07) is 20.2. The average Bonchev–Trinajstić information content (AvgIpc) is 2.77. The molecule has 1 saturated heterocycles. The van der Waals surface area contributed by atoms with Crippen molar-refractivity contribution in [2.75, 3.05) is 13.2 Å². The van der Waals surface area contributed by atoms with Gasteiger partial charge in [-0.15, -0.1) is 0 Å². The zero-order valence-corrected chi connectivity index (χ0v) is 17.0. The molecule has 2 bridgehead atoms. The number of pyridine rings is 1. The summed E-state index contributed by atoms with van der Waals surface area (Å²) in [7, 11) is 0. The minimum Gasteiger partial charge on any atom is -0.445 e. The Kier molecular flexibility index (Phi) is 4.97. The Bertz CT molecular complexity index is 1110. The van der Waals surface area contributed by atoms with Crippen LogP contribution in [0.25, 0.3) is 16.5 Å². The van der Waals surface area contributed by atoms with Gasteiger partial charge in [-0.3, -0.25) is 9.88 Å². The number of aromatic nitrogens is 1. The topological polar surface area (TPSA) is 51.7 Å². The first-order valence-electron chi connectivity index (χ1n) is 10.3. The van der Waals surface area contributed by atoms with Crippen molar-refractivity contribution in [3.63, 3.8) is 0 Å². The van der Waals surface area contributed by atoms with Crippen molar-refractivity contribution >= 4 is 22.6 Å². The molecule has 2 aliphatic rings. The van der Waals surface area contributed by atoms with E-state index in [4.69, 9.17) is 9.47 Å². The van der Waals surface area contributed by atoms with Crippen molar-refractivity contribution in [3.8, 4) is 0 Å². The molecule has 5 heteroatoms. The number of morpholine rings is 1. The van der Waals surface area contributed by atoms with Gasteiger partial charge in [-0.2, -0.15) is 0 Å². The Morgan fingerprint density at radius 2 is 2.00 bits per heavy atom. The van der Waals surface area contributed by atoms with Crippen LogP contribution < -0.4 is 0 Å². The van der Waals surface area contributed by atoms with Crippen molar-refractivity contribution in [1.82, 2.24) is 9.88 Å². The fourth-order valence-corrected chi connectivity index (χ4v) is 4.32. The maximum absolute atomic E-state index is 12.8. The lowest BCUT2D eigenvalue weighted by atomic mass is 9.89. The van der Waals surface area contributed by atoms with Gasteiger partial charge in [0.25, 0.3) is 0 Å². The van der Waals surface area contributed by atoms with Crippen molar-refractivity contribution < 1.29 is 14.3 Å². The van der Waals surface area contributed by atoms with E-state index in [1.54, 1.807) is 0 Å². The molecule has 0 spiro atoms. The summed E-state index contributed by atoms with van der Waals surface area (Å²) in [4.78, 5) is 19.3. The third-order valence-electron chi connectivity index (χ3n) is 5.81. The molecule has 3 heterocycles. The normalized spacial score (nSPS) is 20.7. The Morgan fingerprint density at radius 3 is 2.83 bits per heavy atom. The molecule has 30 heavy (non-hydrogen) atoms.